The maximum atomic E-state index is 12.3. The molecule has 0 radical (unpaired) electrons. The lowest BCUT2D eigenvalue weighted by molar-refractivity contribution is -0.133. The summed E-state index contributed by atoms with van der Waals surface area (Å²) in [5.41, 5.74) is 0. The Hall–Kier alpha value is -1.96. The first kappa shape index (κ1) is 19.8. The highest BCUT2D eigenvalue weighted by Crippen LogP contribution is 2.36. The summed E-state index contributed by atoms with van der Waals surface area (Å²) in [6.07, 6.45) is 6.74. The van der Waals surface area contributed by atoms with Crippen molar-refractivity contribution in [3.05, 3.63) is 11.6 Å². The van der Waals surface area contributed by atoms with E-state index in [0.717, 1.165) is 51.1 Å². The van der Waals surface area contributed by atoms with E-state index in [0.29, 0.717) is 12.2 Å². The van der Waals surface area contributed by atoms with Gasteiger partial charge in [-0.05, 0) is 32.6 Å². The molecule has 1 aliphatic carbocycles. The highest BCUT2D eigenvalue weighted by Gasteiger charge is 2.35. The summed E-state index contributed by atoms with van der Waals surface area (Å²) in [6.45, 7) is 4.28. The quantitative estimate of drug-likeness (QED) is 0.747. The molecule has 150 valence electrons. The van der Waals surface area contributed by atoms with E-state index in [1.165, 1.54) is 12.8 Å². The number of hydrogen-bond acceptors (Lipinski definition) is 5. The van der Waals surface area contributed by atoms with Gasteiger partial charge in [-0.2, -0.15) is 0 Å². The van der Waals surface area contributed by atoms with Gasteiger partial charge in [0.25, 0.3) is 0 Å². The van der Waals surface area contributed by atoms with Crippen molar-refractivity contribution in [2.75, 3.05) is 13.1 Å². The molecule has 2 fully saturated rings. The summed E-state index contributed by atoms with van der Waals surface area (Å²) in [7, 11) is 0. The molecule has 8 heteroatoms. The number of nitrogens with one attached hydrogen (secondary N) is 1. The number of aromatic nitrogens is 3. The largest absolute Gasteiger partial charge is 0.388 e. The molecule has 0 unspecified atom stereocenters. The maximum Gasteiger partial charge on any atom is 0.223 e. The van der Waals surface area contributed by atoms with E-state index in [4.69, 9.17) is 0 Å². The standard InChI is InChI=1S/C19H31N5O3/c1-2-24-16(13-25)21-22-19(24)14-11-15(12-14)20-17(26)7-8-18(27)23-9-5-3-4-6-10-23/h14-15,25H,2-13H2,1H3,(H,20,26). The Labute approximate surface area is 160 Å². The third kappa shape index (κ3) is 4.86. The molecule has 2 N–H and O–H groups in total. The molecule has 0 bridgehead atoms. The number of aliphatic hydroxyl groups excluding tert-OH is 1. The lowest BCUT2D eigenvalue weighted by Crippen LogP contribution is -2.44. The highest BCUT2D eigenvalue weighted by atomic mass is 16.3. The zero-order valence-corrected chi connectivity index (χ0v) is 16.2. The summed E-state index contributed by atoms with van der Waals surface area (Å²) in [5, 5.41) is 20.6. The Morgan fingerprint density at radius 1 is 1.11 bits per heavy atom. The Morgan fingerprint density at radius 3 is 2.44 bits per heavy atom. The first-order valence-corrected chi connectivity index (χ1v) is 10.2. The lowest BCUT2D eigenvalue weighted by Gasteiger charge is -2.35. The van der Waals surface area contributed by atoms with Gasteiger partial charge in [0.1, 0.15) is 12.4 Å². The molecule has 8 nitrogen and oxygen atoms in total. The molecule has 0 atom stereocenters. The molecule has 1 aliphatic heterocycles. The normalized spacial score (nSPS) is 22.8. The van der Waals surface area contributed by atoms with Crippen LogP contribution in [-0.4, -0.2) is 55.7 Å². The van der Waals surface area contributed by atoms with Gasteiger partial charge in [0, 0.05) is 44.4 Å². The third-order valence-corrected chi connectivity index (χ3v) is 5.71. The van der Waals surface area contributed by atoms with Crippen molar-refractivity contribution in [3.63, 3.8) is 0 Å². The number of likely N-dealkylation sites (tertiary alicyclic amines) is 1. The summed E-state index contributed by atoms with van der Waals surface area (Å²) in [6, 6.07) is 0.135. The monoisotopic (exact) mass is 377 g/mol. The molecule has 1 aromatic heterocycles. The predicted octanol–water partition coefficient (Wildman–Crippen LogP) is 1.34. The number of nitrogens with zero attached hydrogens (tertiary/aromatic N) is 4. The van der Waals surface area contributed by atoms with Crippen molar-refractivity contribution < 1.29 is 14.7 Å². The highest BCUT2D eigenvalue weighted by molar-refractivity contribution is 5.84. The Balaban J connectivity index is 1.39. The van der Waals surface area contributed by atoms with E-state index in [1.54, 1.807) is 0 Å². The molecule has 0 spiro atoms. The Morgan fingerprint density at radius 2 is 1.81 bits per heavy atom. The molecule has 2 amide bonds. The minimum Gasteiger partial charge on any atom is -0.388 e. The van der Waals surface area contributed by atoms with Gasteiger partial charge < -0.3 is 19.9 Å². The van der Waals surface area contributed by atoms with Crippen molar-refractivity contribution in [1.29, 1.82) is 0 Å². The molecule has 1 saturated carbocycles. The SMILES string of the molecule is CCn1c(CO)nnc1C1CC(NC(=O)CCC(=O)N2CCCCCC2)C1. The Bertz CT molecular complexity index is 646. The molecule has 27 heavy (non-hydrogen) atoms. The van der Waals surface area contributed by atoms with Gasteiger partial charge in [-0.25, -0.2) is 0 Å². The molecular weight excluding hydrogens is 346 g/mol. The molecule has 2 heterocycles. The lowest BCUT2D eigenvalue weighted by atomic mass is 9.79. The van der Waals surface area contributed by atoms with E-state index in [-0.39, 0.29) is 36.8 Å². The molecule has 0 aromatic carbocycles. The second-order valence-electron chi connectivity index (χ2n) is 7.60. The van der Waals surface area contributed by atoms with E-state index >= 15 is 0 Å². The summed E-state index contributed by atoms with van der Waals surface area (Å²) in [5.74, 6) is 1.80. The fourth-order valence-corrected chi connectivity index (χ4v) is 4.06. The van der Waals surface area contributed by atoms with Crippen LogP contribution in [0.5, 0.6) is 0 Å². The van der Waals surface area contributed by atoms with Crippen molar-refractivity contribution >= 4 is 11.8 Å². The maximum absolute atomic E-state index is 12.3. The second kappa shape index (κ2) is 9.30. The van der Waals surface area contributed by atoms with Gasteiger partial charge in [-0.1, -0.05) is 12.8 Å². The van der Waals surface area contributed by atoms with Crippen molar-refractivity contribution in [2.24, 2.45) is 0 Å². The van der Waals surface area contributed by atoms with Crippen LogP contribution >= 0.6 is 0 Å². The van der Waals surface area contributed by atoms with E-state index in [2.05, 4.69) is 15.5 Å². The van der Waals surface area contributed by atoms with Crippen LogP contribution in [0.3, 0.4) is 0 Å². The van der Waals surface area contributed by atoms with E-state index in [1.807, 2.05) is 16.4 Å². The average molecular weight is 377 g/mol. The zero-order chi connectivity index (χ0) is 19.2. The van der Waals surface area contributed by atoms with Crippen molar-refractivity contribution in [3.8, 4) is 0 Å². The number of amides is 2. The van der Waals surface area contributed by atoms with Crippen molar-refractivity contribution in [1.82, 2.24) is 25.0 Å². The van der Waals surface area contributed by atoms with Crippen LogP contribution in [0.1, 0.15) is 75.9 Å². The summed E-state index contributed by atoms with van der Waals surface area (Å²) < 4.78 is 1.95. The minimum atomic E-state index is -0.112. The van der Waals surface area contributed by atoms with Crippen LogP contribution in [0.15, 0.2) is 0 Å². The average Bonchev–Trinajstić information content (AvgIpc) is 2.85. The Kier molecular flexibility index (Phi) is 6.82. The van der Waals surface area contributed by atoms with Gasteiger partial charge in [0.15, 0.2) is 5.82 Å². The van der Waals surface area contributed by atoms with Crippen LogP contribution in [0, 0.1) is 0 Å². The third-order valence-electron chi connectivity index (χ3n) is 5.71. The van der Waals surface area contributed by atoms with E-state index in [9.17, 15) is 14.7 Å². The first-order valence-electron chi connectivity index (χ1n) is 10.2. The smallest absolute Gasteiger partial charge is 0.223 e. The molecular formula is C19H31N5O3. The van der Waals surface area contributed by atoms with E-state index < -0.39 is 0 Å². The first-order chi connectivity index (χ1) is 13.1. The van der Waals surface area contributed by atoms with Crippen LogP contribution in [0.25, 0.3) is 0 Å². The minimum absolute atomic E-state index is 0.0466. The van der Waals surface area contributed by atoms with Gasteiger partial charge >= 0.3 is 0 Å². The van der Waals surface area contributed by atoms with Gasteiger partial charge in [-0.15, -0.1) is 10.2 Å². The van der Waals surface area contributed by atoms with Gasteiger partial charge in [0.05, 0.1) is 0 Å². The van der Waals surface area contributed by atoms with Crippen LogP contribution in [0.4, 0.5) is 0 Å². The fourth-order valence-electron chi connectivity index (χ4n) is 4.06. The zero-order valence-electron chi connectivity index (χ0n) is 16.2. The number of hydrogen-bond donors (Lipinski definition) is 2. The van der Waals surface area contributed by atoms with Crippen LogP contribution in [-0.2, 0) is 22.7 Å². The van der Waals surface area contributed by atoms with Crippen molar-refractivity contribution in [2.45, 2.75) is 83.4 Å². The molecule has 2 aliphatic rings. The fraction of sp³-hybridized carbons (Fsp3) is 0.789. The molecule has 3 rings (SSSR count). The predicted molar refractivity (Wildman–Crippen MR) is 99.8 cm³/mol. The second-order valence-corrected chi connectivity index (χ2v) is 7.60. The van der Waals surface area contributed by atoms with Gasteiger partial charge in [0.2, 0.25) is 11.8 Å². The number of carbonyl (C=O) groups excluding carboxylic acids is 2. The topological polar surface area (TPSA) is 100 Å². The number of rotatable bonds is 7. The molecule has 1 saturated heterocycles. The van der Waals surface area contributed by atoms with Crippen LogP contribution in [0.2, 0.25) is 0 Å². The molecule has 1 aromatic rings. The van der Waals surface area contributed by atoms with Crippen LogP contribution < -0.4 is 5.32 Å². The number of aliphatic hydroxyl groups is 1. The summed E-state index contributed by atoms with van der Waals surface area (Å²) >= 11 is 0. The summed E-state index contributed by atoms with van der Waals surface area (Å²) in [4.78, 5) is 26.4. The number of carbonyl (C=O) groups is 2. The van der Waals surface area contributed by atoms with Gasteiger partial charge in [-0.3, -0.25) is 9.59 Å².